The van der Waals surface area contributed by atoms with Crippen LogP contribution in [0.3, 0.4) is 0 Å². The number of ether oxygens (including phenoxy) is 2. The molecule has 0 radical (unpaired) electrons. The van der Waals surface area contributed by atoms with Crippen LogP contribution in [0.2, 0.25) is 0 Å². The summed E-state index contributed by atoms with van der Waals surface area (Å²) in [6.07, 6.45) is 1.96. The van der Waals surface area contributed by atoms with Crippen LogP contribution in [0, 0.1) is 5.92 Å². The van der Waals surface area contributed by atoms with E-state index in [0.29, 0.717) is 5.57 Å². The number of amides is 4. The van der Waals surface area contributed by atoms with Gasteiger partial charge in [-0.25, -0.2) is 18.4 Å². The molecule has 3 atom stereocenters. The number of anilines is 1. The molecule has 3 rings (SSSR count). The number of alkyl carbamates (subject to hydrolysis) is 1. The molecule has 56 heavy (non-hydrogen) atoms. The lowest BCUT2D eigenvalue weighted by Gasteiger charge is -2.33. The molecule has 11 nitrogen and oxygen atoms in total. The van der Waals surface area contributed by atoms with Crippen molar-refractivity contribution < 1.29 is 42.5 Å². The number of carbonyl (C=O) groups excluding carboxylic acids is 4. The van der Waals surface area contributed by atoms with Gasteiger partial charge in [0.25, 0.3) is 11.8 Å². The van der Waals surface area contributed by atoms with Crippen molar-refractivity contribution in [3.63, 3.8) is 0 Å². The monoisotopic (exact) mass is 808 g/mol. The summed E-state index contributed by atoms with van der Waals surface area (Å²) in [5.74, 6) is -2.03. The van der Waals surface area contributed by atoms with Crippen molar-refractivity contribution in [2.75, 3.05) is 18.1 Å². The lowest BCUT2D eigenvalue weighted by Crippen LogP contribution is -2.59. The average Bonchev–Trinajstić information content (AvgIpc) is 3.09. The molecular weight excluding hydrogens is 743 g/mol. The quantitative estimate of drug-likeness (QED) is 0.123. The number of nitrogens with one attached hydrogen (secondary N) is 3. The lowest BCUT2D eigenvalue weighted by atomic mass is 9.89. The molecule has 0 spiro atoms. The SMILES string of the molecule is C.CC.CC(C)(C)OC(N)=O.CC(CNC(=O)c1cccc(NC(=O)[C@](C)(O)[C@@H](Cc2ccccc2)NC(=O)OC(C)(C)C)c1)CC1=C(F)CCC(F)=C1.CS. The van der Waals surface area contributed by atoms with Gasteiger partial charge in [0, 0.05) is 30.6 Å². The summed E-state index contributed by atoms with van der Waals surface area (Å²) < 4.78 is 37.6. The Kier molecular flexibility index (Phi) is 24.6. The van der Waals surface area contributed by atoms with Crippen LogP contribution in [0.5, 0.6) is 0 Å². The summed E-state index contributed by atoms with van der Waals surface area (Å²) >= 11 is 3.53. The maximum absolute atomic E-state index is 14.1. The zero-order valence-electron chi connectivity index (χ0n) is 34.1. The van der Waals surface area contributed by atoms with E-state index in [2.05, 4.69) is 33.3 Å². The Bertz CT molecular complexity index is 1590. The van der Waals surface area contributed by atoms with Crippen LogP contribution < -0.4 is 21.7 Å². The van der Waals surface area contributed by atoms with Crippen molar-refractivity contribution >= 4 is 42.3 Å². The van der Waals surface area contributed by atoms with Crippen LogP contribution in [-0.2, 0) is 20.7 Å². The van der Waals surface area contributed by atoms with Crippen molar-refractivity contribution in [3.8, 4) is 0 Å². The first kappa shape index (κ1) is 53.7. The molecule has 0 saturated carbocycles. The largest absolute Gasteiger partial charge is 0.444 e. The molecule has 1 aliphatic carbocycles. The number of benzene rings is 2. The number of primary amides is 1. The molecule has 14 heteroatoms. The molecule has 6 N–H and O–H groups in total. The number of thiol groups is 1. The second-order valence-corrected chi connectivity index (χ2v) is 14.6. The number of nitrogens with two attached hydrogens (primary N) is 1. The van der Waals surface area contributed by atoms with Gasteiger partial charge >= 0.3 is 12.2 Å². The summed E-state index contributed by atoms with van der Waals surface area (Å²) in [7, 11) is 0. The molecule has 2 aromatic carbocycles. The Labute approximate surface area is 338 Å². The zero-order chi connectivity index (χ0) is 42.6. The molecule has 0 fully saturated rings. The molecule has 316 valence electrons. The van der Waals surface area contributed by atoms with E-state index in [0.717, 1.165) is 5.56 Å². The highest BCUT2D eigenvalue weighted by Crippen LogP contribution is 2.29. The Morgan fingerprint density at radius 3 is 1.96 bits per heavy atom. The predicted octanol–water partition coefficient (Wildman–Crippen LogP) is 9.23. The summed E-state index contributed by atoms with van der Waals surface area (Å²) in [5.41, 5.74) is 3.02. The predicted molar refractivity (Wildman–Crippen MR) is 225 cm³/mol. The third kappa shape index (κ3) is 21.6. The van der Waals surface area contributed by atoms with Crippen molar-refractivity contribution in [2.24, 2.45) is 11.7 Å². The fourth-order valence-electron chi connectivity index (χ4n) is 4.86. The van der Waals surface area contributed by atoms with E-state index in [1.54, 1.807) is 66.0 Å². The van der Waals surface area contributed by atoms with Gasteiger partial charge in [-0.2, -0.15) is 12.6 Å². The van der Waals surface area contributed by atoms with E-state index in [1.165, 1.54) is 19.1 Å². The lowest BCUT2D eigenvalue weighted by molar-refractivity contribution is -0.135. The van der Waals surface area contributed by atoms with Crippen LogP contribution in [0.15, 0.2) is 77.9 Å². The number of rotatable bonds is 11. The van der Waals surface area contributed by atoms with Crippen LogP contribution in [-0.4, -0.2) is 64.8 Å². The molecular formula is C42H66F2N4O7S. The third-order valence-corrected chi connectivity index (χ3v) is 7.34. The smallest absolute Gasteiger partial charge is 0.407 e. The highest BCUT2D eigenvalue weighted by atomic mass is 32.1. The van der Waals surface area contributed by atoms with Crippen molar-refractivity contribution in [3.05, 3.63) is 89.0 Å². The summed E-state index contributed by atoms with van der Waals surface area (Å²) in [6, 6.07) is 14.2. The second-order valence-electron chi connectivity index (χ2n) is 14.6. The maximum Gasteiger partial charge on any atom is 0.407 e. The van der Waals surface area contributed by atoms with Gasteiger partial charge < -0.3 is 36.3 Å². The normalized spacial score (nSPS) is 14.3. The fraction of sp³-hybridized carbons (Fsp3) is 0.524. The van der Waals surface area contributed by atoms with E-state index in [4.69, 9.17) is 10.5 Å². The van der Waals surface area contributed by atoms with E-state index in [-0.39, 0.29) is 68.5 Å². The third-order valence-electron chi connectivity index (χ3n) is 7.34. The molecule has 1 unspecified atom stereocenters. The van der Waals surface area contributed by atoms with Gasteiger partial charge in [-0.3, -0.25) is 9.59 Å². The standard InChI is InChI=1S/C33H41F2N3O5.C5H11NO2.C2H6.CH4S.CH4/c1-21(16-24-18-25(34)14-15-27(24)35)20-36-29(39)23-12-9-13-26(19-23)37-30(40)33(5,42)28(17-22-10-7-6-8-11-22)38-31(41)43-32(2,3)4;1-5(2,3)8-4(6)7;2*1-2;/h6-13,18-19,21,28,42H,14-17,20H2,1-5H3,(H,36,39)(H,37,40)(H,38,41);1-3H3,(H2,6,7);1-2H3;2H,1H3;1H4/t21?,28-,33-;;;;/m1..../s1. The number of hydrogen-bond acceptors (Lipinski definition) is 8. The van der Waals surface area contributed by atoms with Gasteiger partial charge in [-0.05, 0) is 109 Å². The molecule has 0 aromatic heterocycles. The zero-order valence-corrected chi connectivity index (χ0v) is 35.0. The first-order chi connectivity index (χ1) is 25.6. The van der Waals surface area contributed by atoms with Crippen LogP contribution >= 0.6 is 12.6 Å². The van der Waals surface area contributed by atoms with Gasteiger partial charge in [0.1, 0.15) is 22.9 Å². The minimum atomic E-state index is -2.07. The van der Waals surface area contributed by atoms with E-state index in [1.807, 2.05) is 51.1 Å². The Morgan fingerprint density at radius 2 is 1.45 bits per heavy atom. The van der Waals surface area contributed by atoms with Gasteiger partial charge in [0.2, 0.25) is 0 Å². The number of hydrogen-bond donors (Lipinski definition) is 6. The van der Waals surface area contributed by atoms with E-state index in [9.17, 15) is 33.1 Å². The van der Waals surface area contributed by atoms with Crippen LogP contribution in [0.4, 0.5) is 24.1 Å². The topological polar surface area (TPSA) is 169 Å². The molecule has 0 aliphatic heterocycles. The molecule has 0 saturated heterocycles. The van der Waals surface area contributed by atoms with E-state index >= 15 is 0 Å². The number of carbonyl (C=O) groups is 4. The van der Waals surface area contributed by atoms with Gasteiger partial charge in [0.15, 0.2) is 5.60 Å². The van der Waals surface area contributed by atoms with Crippen molar-refractivity contribution in [2.45, 2.75) is 125 Å². The molecule has 0 bridgehead atoms. The minimum Gasteiger partial charge on any atom is -0.444 e. The highest BCUT2D eigenvalue weighted by Gasteiger charge is 2.41. The molecule has 2 aromatic rings. The van der Waals surface area contributed by atoms with Gasteiger partial charge in [-0.1, -0.05) is 64.6 Å². The number of allylic oxidation sites excluding steroid dienone is 4. The van der Waals surface area contributed by atoms with Crippen LogP contribution in [0.1, 0.15) is 112 Å². The summed E-state index contributed by atoms with van der Waals surface area (Å²) in [6.45, 7) is 17.8. The molecule has 1 aliphatic rings. The average molecular weight is 809 g/mol. The second kappa shape index (κ2) is 25.7. The Balaban J connectivity index is 0. The molecule has 0 heterocycles. The van der Waals surface area contributed by atoms with Gasteiger partial charge in [-0.15, -0.1) is 0 Å². The molecule has 4 amide bonds. The van der Waals surface area contributed by atoms with E-state index < -0.39 is 46.8 Å². The van der Waals surface area contributed by atoms with Crippen molar-refractivity contribution in [1.82, 2.24) is 10.6 Å². The van der Waals surface area contributed by atoms with Gasteiger partial charge in [0.05, 0.1) is 6.04 Å². The minimum absolute atomic E-state index is 0. The van der Waals surface area contributed by atoms with Crippen LogP contribution in [0.25, 0.3) is 0 Å². The Hall–Kier alpha value is -4.43. The Morgan fingerprint density at radius 1 is 0.875 bits per heavy atom. The summed E-state index contributed by atoms with van der Waals surface area (Å²) in [4.78, 5) is 48.8. The maximum atomic E-state index is 14.1. The van der Waals surface area contributed by atoms with Crippen molar-refractivity contribution in [1.29, 1.82) is 0 Å². The fourth-order valence-corrected chi connectivity index (χ4v) is 4.86. The highest BCUT2D eigenvalue weighted by molar-refractivity contribution is 7.79. The first-order valence-corrected chi connectivity index (χ1v) is 19.1. The number of halogens is 2. The first-order valence-electron chi connectivity index (χ1n) is 18.2. The summed E-state index contributed by atoms with van der Waals surface area (Å²) in [5, 5.41) is 19.5. The number of aliphatic hydroxyl groups is 1.